The first kappa shape index (κ1) is 24.1. The van der Waals surface area contributed by atoms with Crippen LogP contribution in [0, 0.1) is 13.8 Å². The molecule has 36 heavy (non-hydrogen) atoms. The average molecular weight is 485 g/mol. The van der Waals surface area contributed by atoms with Crippen molar-refractivity contribution in [1.29, 1.82) is 0 Å². The molecule has 0 aliphatic carbocycles. The Kier molecular flexibility index (Phi) is 7.06. The molecule has 8 heteroatoms. The lowest BCUT2D eigenvalue weighted by molar-refractivity contribution is 0.130. The van der Waals surface area contributed by atoms with E-state index in [0.29, 0.717) is 28.6 Å². The van der Waals surface area contributed by atoms with Gasteiger partial charge in [0.15, 0.2) is 0 Å². The number of hydrogen-bond donors (Lipinski definition) is 2. The van der Waals surface area contributed by atoms with Gasteiger partial charge in [0.2, 0.25) is 0 Å². The maximum absolute atomic E-state index is 12.7. The second-order valence-electron chi connectivity index (χ2n) is 9.45. The van der Waals surface area contributed by atoms with Gasteiger partial charge in [-0.05, 0) is 86.5 Å². The molecule has 1 fully saturated rings. The number of nitrogens with zero attached hydrogens (tertiary/aromatic N) is 4. The van der Waals surface area contributed by atoms with Gasteiger partial charge in [0.1, 0.15) is 11.6 Å². The van der Waals surface area contributed by atoms with Gasteiger partial charge in [-0.15, -0.1) is 0 Å². The van der Waals surface area contributed by atoms with Crippen LogP contribution in [0.1, 0.15) is 35.7 Å². The zero-order chi connectivity index (χ0) is 25.1. The number of likely N-dealkylation sites (tertiary alicyclic amines) is 1. The summed E-state index contributed by atoms with van der Waals surface area (Å²) in [4.78, 5) is 31.4. The molecule has 2 N–H and O–H groups in total. The summed E-state index contributed by atoms with van der Waals surface area (Å²) in [7, 11) is 1.76. The lowest BCUT2D eigenvalue weighted by Gasteiger charge is -2.32. The summed E-state index contributed by atoms with van der Waals surface area (Å²) in [5, 5.41) is 4.75. The summed E-state index contributed by atoms with van der Waals surface area (Å²) < 4.78 is 5.23. The van der Waals surface area contributed by atoms with Gasteiger partial charge in [0.05, 0.1) is 17.7 Å². The first-order valence-electron chi connectivity index (χ1n) is 12.4. The molecule has 0 spiro atoms. The van der Waals surface area contributed by atoms with Crippen molar-refractivity contribution >= 4 is 22.3 Å². The van der Waals surface area contributed by atoms with Crippen molar-refractivity contribution < 1.29 is 4.74 Å². The summed E-state index contributed by atoms with van der Waals surface area (Å²) in [6.07, 6.45) is 7.47. The first-order chi connectivity index (χ1) is 17.5. The second-order valence-corrected chi connectivity index (χ2v) is 9.45. The van der Waals surface area contributed by atoms with Gasteiger partial charge in [-0.2, -0.15) is 0 Å². The Morgan fingerprint density at radius 2 is 1.89 bits per heavy atom. The number of H-pyrrole nitrogens is 1. The Morgan fingerprint density at radius 3 is 2.61 bits per heavy atom. The number of aromatic nitrogens is 4. The summed E-state index contributed by atoms with van der Waals surface area (Å²) in [6, 6.07) is 10.2. The molecule has 0 radical (unpaired) electrons. The summed E-state index contributed by atoms with van der Waals surface area (Å²) in [5.74, 6) is 1.78. The first-order valence-corrected chi connectivity index (χ1v) is 12.4. The van der Waals surface area contributed by atoms with Crippen molar-refractivity contribution in [3.8, 4) is 11.3 Å². The predicted molar refractivity (Wildman–Crippen MR) is 143 cm³/mol. The highest BCUT2D eigenvalue weighted by atomic mass is 16.5. The van der Waals surface area contributed by atoms with E-state index in [9.17, 15) is 4.79 Å². The van der Waals surface area contributed by atoms with E-state index in [1.165, 1.54) is 11.1 Å². The minimum atomic E-state index is -0.178. The zero-order valence-corrected chi connectivity index (χ0v) is 21.0. The number of benzene rings is 1. The average Bonchev–Trinajstić information content (AvgIpc) is 2.88. The minimum Gasteiger partial charge on any atom is -0.383 e. The molecule has 0 amide bonds. The van der Waals surface area contributed by atoms with E-state index in [4.69, 9.17) is 9.72 Å². The molecular weight excluding hydrogens is 452 g/mol. The van der Waals surface area contributed by atoms with Crippen LogP contribution in [0.15, 0.2) is 53.7 Å². The van der Waals surface area contributed by atoms with Crippen LogP contribution in [0.5, 0.6) is 0 Å². The van der Waals surface area contributed by atoms with Crippen LogP contribution >= 0.6 is 0 Å². The van der Waals surface area contributed by atoms with Gasteiger partial charge in [0.25, 0.3) is 5.56 Å². The highest BCUT2D eigenvalue weighted by molar-refractivity contribution is 5.95. The number of fused-ring (bicyclic) bond motifs is 1. The van der Waals surface area contributed by atoms with E-state index in [1.807, 2.05) is 19.1 Å². The van der Waals surface area contributed by atoms with Gasteiger partial charge in [-0.3, -0.25) is 4.79 Å². The molecular formula is C28H32N6O2. The highest BCUT2D eigenvalue weighted by Gasteiger charge is 2.22. The number of ether oxygens (including phenoxy) is 1. The van der Waals surface area contributed by atoms with Crippen LogP contribution < -0.4 is 10.9 Å². The number of piperidine rings is 1. The number of rotatable bonds is 7. The number of anilines is 2. The monoisotopic (exact) mass is 484 g/mol. The van der Waals surface area contributed by atoms with Crippen LogP contribution in [0.2, 0.25) is 0 Å². The molecule has 0 bridgehead atoms. The van der Waals surface area contributed by atoms with Crippen molar-refractivity contribution in [1.82, 2.24) is 24.8 Å². The summed E-state index contributed by atoms with van der Waals surface area (Å²) >= 11 is 0. The van der Waals surface area contributed by atoms with Gasteiger partial charge in [-0.25, -0.2) is 15.0 Å². The topological polar surface area (TPSA) is 96.0 Å². The molecule has 1 aliphatic heterocycles. The van der Waals surface area contributed by atoms with Gasteiger partial charge >= 0.3 is 0 Å². The Labute approximate surface area is 210 Å². The van der Waals surface area contributed by atoms with E-state index < -0.39 is 0 Å². The molecule has 1 aliphatic rings. The molecule has 1 saturated heterocycles. The summed E-state index contributed by atoms with van der Waals surface area (Å²) in [5.41, 5.74) is 4.88. The quantitative estimate of drug-likeness (QED) is 0.397. The van der Waals surface area contributed by atoms with E-state index in [-0.39, 0.29) is 5.56 Å². The maximum Gasteiger partial charge on any atom is 0.259 e. The third kappa shape index (κ3) is 5.15. The summed E-state index contributed by atoms with van der Waals surface area (Å²) in [6.45, 7) is 7.99. The Bertz CT molecular complexity index is 1410. The van der Waals surface area contributed by atoms with Crippen molar-refractivity contribution in [3.05, 3.63) is 76.2 Å². The van der Waals surface area contributed by atoms with Crippen molar-refractivity contribution in [3.63, 3.8) is 0 Å². The van der Waals surface area contributed by atoms with E-state index in [2.05, 4.69) is 50.3 Å². The fraction of sp³-hybridized carbons (Fsp3) is 0.357. The molecule has 186 valence electrons. The van der Waals surface area contributed by atoms with Crippen LogP contribution in [-0.2, 0) is 4.74 Å². The minimum absolute atomic E-state index is 0.178. The van der Waals surface area contributed by atoms with Crippen molar-refractivity contribution in [2.24, 2.45) is 0 Å². The third-order valence-electron chi connectivity index (χ3n) is 7.00. The normalized spacial score (nSPS) is 14.9. The molecule has 0 unspecified atom stereocenters. The number of hydrogen-bond acceptors (Lipinski definition) is 7. The van der Waals surface area contributed by atoms with Crippen LogP contribution in [0.25, 0.3) is 22.0 Å². The van der Waals surface area contributed by atoms with Crippen molar-refractivity contribution in [2.45, 2.75) is 32.6 Å². The molecule has 1 aromatic carbocycles. The number of nitrogens with one attached hydrogen (secondary N) is 2. The van der Waals surface area contributed by atoms with Crippen molar-refractivity contribution in [2.75, 3.05) is 38.7 Å². The van der Waals surface area contributed by atoms with E-state index in [1.54, 1.807) is 25.7 Å². The maximum atomic E-state index is 12.7. The standard InChI is InChI=1S/C28H32N6O2/c1-18-14-23(4-5-24(18)20-7-10-34(11-8-20)12-13-36-3)32-27-26-21(6-9-29-28(26)35)15-25(33-27)22-16-30-19(2)31-17-22/h4-6,9,14-17,20H,7-8,10-13H2,1-3H3,(H,29,35)(H,32,33). The fourth-order valence-corrected chi connectivity index (χ4v) is 5.01. The Balaban J connectivity index is 1.42. The van der Waals surface area contributed by atoms with Gasteiger partial charge in [0, 0.05) is 43.5 Å². The molecule has 5 rings (SSSR count). The Hall–Kier alpha value is -3.62. The highest BCUT2D eigenvalue weighted by Crippen LogP contribution is 2.33. The molecule has 3 aromatic heterocycles. The van der Waals surface area contributed by atoms with Crippen LogP contribution in [0.4, 0.5) is 11.5 Å². The number of methoxy groups -OCH3 is 1. The Morgan fingerprint density at radius 1 is 1.11 bits per heavy atom. The molecule has 4 heterocycles. The van der Waals surface area contributed by atoms with Crippen LogP contribution in [0.3, 0.4) is 0 Å². The van der Waals surface area contributed by atoms with E-state index >= 15 is 0 Å². The van der Waals surface area contributed by atoms with Gasteiger partial charge < -0.3 is 19.9 Å². The molecule has 0 saturated carbocycles. The number of aromatic amines is 1. The fourth-order valence-electron chi connectivity index (χ4n) is 5.01. The van der Waals surface area contributed by atoms with Crippen LogP contribution in [-0.4, -0.2) is 58.2 Å². The largest absolute Gasteiger partial charge is 0.383 e. The zero-order valence-electron chi connectivity index (χ0n) is 21.0. The molecule has 4 aromatic rings. The lowest BCUT2D eigenvalue weighted by atomic mass is 9.86. The lowest BCUT2D eigenvalue weighted by Crippen LogP contribution is -2.35. The van der Waals surface area contributed by atoms with E-state index in [0.717, 1.165) is 55.7 Å². The molecule has 8 nitrogen and oxygen atoms in total. The number of pyridine rings is 2. The third-order valence-corrected chi connectivity index (χ3v) is 7.00. The predicted octanol–water partition coefficient (Wildman–Crippen LogP) is 4.57. The number of aryl methyl sites for hydroxylation is 2. The molecule has 0 atom stereocenters. The second kappa shape index (κ2) is 10.6. The van der Waals surface area contributed by atoms with Gasteiger partial charge in [-0.1, -0.05) is 6.07 Å². The smallest absolute Gasteiger partial charge is 0.259 e. The SMILES string of the molecule is COCCN1CCC(c2ccc(Nc3nc(-c4cnc(C)nc4)cc4cc[nH]c(=O)c34)cc2C)CC1.